The predicted molar refractivity (Wildman–Crippen MR) is 85.4 cm³/mol. The summed E-state index contributed by atoms with van der Waals surface area (Å²) >= 11 is 0. The monoisotopic (exact) mass is 274 g/mol. The largest absolute Gasteiger partial charge is 0.0651 e. The molecule has 4 rings (SSSR count). The maximum absolute atomic E-state index is 2.66. The van der Waals surface area contributed by atoms with Crippen molar-refractivity contribution in [3.8, 4) is 0 Å². The Morgan fingerprint density at radius 1 is 0.900 bits per heavy atom. The standard InChI is InChI=1S/C20H34/c1-4-15-12-19-16-7-5-6-13(2)10-11-20(19,14(15)3)18-9-8-17(16)18/h13-19H,4-12H2,1-3H3. The number of rotatable bonds is 1. The number of hydrogen-bond acceptors (Lipinski definition) is 0. The van der Waals surface area contributed by atoms with Crippen LogP contribution in [0.3, 0.4) is 0 Å². The third-order valence-corrected chi connectivity index (χ3v) is 8.72. The molecule has 4 aliphatic rings. The normalized spacial score (nSPS) is 58.0. The molecule has 4 saturated carbocycles. The Kier molecular flexibility index (Phi) is 3.24. The van der Waals surface area contributed by atoms with Crippen LogP contribution in [-0.2, 0) is 0 Å². The Bertz CT molecular complexity index is 368. The minimum absolute atomic E-state index is 0.798. The summed E-state index contributed by atoms with van der Waals surface area (Å²) < 4.78 is 0. The van der Waals surface area contributed by atoms with Gasteiger partial charge < -0.3 is 0 Å². The lowest BCUT2D eigenvalue weighted by atomic mass is 9.57. The zero-order chi connectivity index (χ0) is 13.9. The van der Waals surface area contributed by atoms with E-state index in [1.54, 1.807) is 32.1 Å². The minimum atomic E-state index is 0.798. The van der Waals surface area contributed by atoms with Gasteiger partial charge in [0.25, 0.3) is 0 Å². The van der Waals surface area contributed by atoms with Crippen molar-refractivity contribution in [2.45, 2.75) is 78.6 Å². The summed E-state index contributed by atoms with van der Waals surface area (Å²) in [5.74, 6) is 7.65. The minimum Gasteiger partial charge on any atom is -0.0651 e. The Labute approximate surface area is 126 Å². The van der Waals surface area contributed by atoms with Gasteiger partial charge in [0.05, 0.1) is 0 Å². The van der Waals surface area contributed by atoms with Gasteiger partial charge in [0.15, 0.2) is 0 Å². The van der Waals surface area contributed by atoms with Crippen LogP contribution in [0.5, 0.6) is 0 Å². The second-order valence-electron chi connectivity index (χ2n) is 9.00. The van der Waals surface area contributed by atoms with E-state index in [4.69, 9.17) is 0 Å². The van der Waals surface area contributed by atoms with Crippen molar-refractivity contribution in [2.24, 2.45) is 46.8 Å². The maximum Gasteiger partial charge on any atom is -0.0207 e. The molecule has 114 valence electrons. The van der Waals surface area contributed by atoms with E-state index in [1.807, 2.05) is 0 Å². The summed E-state index contributed by atoms with van der Waals surface area (Å²) in [7, 11) is 0. The van der Waals surface area contributed by atoms with Gasteiger partial charge in [-0.2, -0.15) is 0 Å². The Balaban J connectivity index is 1.72. The number of fused-ring (bicyclic) bond motifs is 2. The fourth-order valence-electron chi connectivity index (χ4n) is 7.59. The van der Waals surface area contributed by atoms with Gasteiger partial charge in [-0.1, -0.05) is 46.5 Å². The molecule has 0 aromatic heterocycles. The highest BCUT2D eigenvalue weighted by Gasteiger charge is 2.67. The van der Waals surface area contributed by atoms with Gasteiger partial charge in [-0.15, -0.1) is 0 Å². The second kappa shape index (κ2) is 4.75. The van der Waals surface area contributed by atoms with E-state index >= 15 is 0 Å². The van der Waals surface area contributed by atoms with Crippen LogP contribution in [0.15, 0.2) is 0 Å². The zero-order valence-electron chi connectivity index (χ0n) is 13.9. The lowest BCUT2D eigenvalue weighted by molar-refractivity contribution is 0.00972. The quantitative estimate of drug-likeness (QED) is 0.557. The molecule has 8 unspecified atom stereocenters. The summed E-state index contributed by atoms with van der Waals surface area (Å²) in [5.41, 5.74) is 0.798. The van der Waals surface area contributed by atoms with E-state index in [9.17, 15) is 0 Å². The van der Waals surface area contributed by atoms with Gasteiger partial charge in [0.1, 0.15) is 0 Å². The van der Waals surface area contributed by atoms with E-state index in [0.717, 1.165) is 46.8 Å². The number of hydrogen-bond donors (Lipinski definition) is 0. The van der Waals surface area contributed by atoms with Crippen LogP contribution in [0, 0.1) is 46.8 Å². The fraction of sp³-hybridized carbons (Fsp3) is 1.00. The van der Waals surface area contributed by atoms with Crippen molar-refractivity contribution in [1.82, 2.24) is 0 Å². The molecule has 0 heterocycles. The highest BCUT2D eigenvalue weighted by Crippen LogP contribution is 2.74. The van der Waals surface area contributed by atoms with Crippen molar-refractivity contribution in [3.63, 3.8) is 0 Å². The molecule has 0 aromatic carbocycles. The molecule has 4 aliphatic carbocycles. The van der Waals surface area contributed by atoms with Crippen molar-refractivity contribution in [1.29, 1.82) is 0 Å². The van der Waals surface area contributed by atoms with E-state index in [1.165, 1.54) is 25.7 Å². The lowest BCUT2D eigenvalue weighted by Crippen LogP contribution is -2.41. The molecule has 0 spiro atoms. The molecule has 0 aliphatic heterocycles. The molecule has 0 amide bonds. The first-order valence-electron chi connectivity index (χ1n) is 9.68. The third-order valence-electron chi connectivity index (χ3n) is 8.72. The molecule has 0 N–H and O–H groups in total. The molecular weight excluding hydrogens is 240 g/mol. The zero-order valence-corrected chi connectivity index (χ0v) is 13.9. The van der Waals surface area contributed by atoms with Gasteiger partial charge in [-0.25, -0.2) is 0 Å². The summed E-state index contributed by atoms with van der Waals surface area (Å²) in [6.45, 7) is 7.64. The third kappa shape index (κ3) is 1.60. The second-order valence-corrected chi connectivity index (χ2v) is 9.00. The van der Waals surface area contributed by atoms with Crippen molar-refractivity contribution in [2.75, 3.05) is 0 Å². The van der Waals surface area contributed by atoms with E-state index in [0.29, 0.717) is 0 Å². The van der Waals surface area contributed by atoms with Crippen LogP contribution in [-0.4, -0.2) is 0 Å². The topological polar surface area (TPSA) is 0 Å². The molecule has 2 bridgehead atoms. The Morgan fingerprint density at radius 2 is 1.70 bits per heavy atom. The van der Waals surface area contributed by atoms with Gasteiger partial charge in [0, 0.05) is 0 Å². The molecule has 4 fully saturated rings. The first kappa shape index (κ1) is 13.6. The van der Waals surface area contributed by atoms with E-state index in [-0.39, 0.29) is 0 Å². The molecular formula is C20H34. The van der Waals surface area contributed by atoms with E-state index < -0.39 is 0 Å². The van der Waals surface area contributed by atoms with Crippen molar-refractivity contribution in [3.05, 3.63) is 0 Å². The van der Waals surface area contributed by atoms with Gasteiger partial charge in [-0.3, -0.25) is 0 Å². The van der Waals surface area contributed by atoms with Crippen LogP contribution in [0.1, 0.15) is 78.6 Å². The molecule has 0 heteroatoms. The molecule has 0 saturated heterocycles. The lowest BCUT2D eigenvalue weighted by Gasteiger charge is -2.48. The Hall–Kier alpha value is 0. The predicted octanol–water partition coefficient (Wildman–Crippen LogP) is 5.91. The highest BCUT2D eigenvalue weighted by molar-refractivity contribution is 5.16. The Morgan fingerprint density at radius 3 is 2.40 bits per heavy atom. The smallest absolute Gasteiger partial charge is 0.0207 e. The van der Waals surface area contributed by atoms with E-state index in [2.05, 4.69) is 20.8 Å². The van der Waals surface area contributed by atoms with Crippen molar-refractivity contribution < 1.29 is 0 Å². The molecule has 0 nitrogen and oxygen atoms in total. The first-order valence-corrected chi connectivity index (χ1v) is 9.68. The van der Waals surface area contributed by atoms with Crippen LogP contribution in [0.4, 0.5) is 0 Å². The maximum atomic E-state index is 2.66. The van der Waals surface area contributed by atoms with Gasteiger partial charge in [0.2, 0.25) is 0 Å². The SMILES string of the molecule is CCC1CC2C3CCCC(C)CCC2(C1C)C1CCC31. The highest BCUT2D eigenvalue weighted by atomic mass is 14.7. The summed E-state index contributed by atoms with van der Waals surface area (Å²) in [6, 6.07) is 0. The van der Waals surface area contributed by atoms with Crippen LogP contribution < -0.4 is 0 Å². The molecule has 8 atom stereocenters. The average Bonchev–Trinajstić information content (AvgIpc) is 2.78. The first-order chi connectivity index (χ1) is 9.68. The van der Waals surface area contributed by atoms with Gasteiger partial charge >= 0.3 is 0 Å². The van der Waals surface area contributed by atoms with Crippen LogP contribution in [0.2, 0.25) is 0 Å². The average molecular weight is 274 g/mol. The molecule has 0 radical (unpaired) electrons. The van der Waals surface area contributed by atoms with Crippen LogP contribution >= 0.6 is 0 Å². The van der Waals surface area contributed by atoms with Crippen LogP contribution in [0.25, 0.3) is 0 Å². The fourth-order valence-corrected chi connectivity index (χ4v) is 7.59. The van der Waals surface area contributed by atoms with Crippen molar-refractivity contribution >= 4 is 0 Å². The summed E-state index contributed by atoms with van der Waals surface area (Å²) in [4.78, 5) is 0. The van der Waals surface area contributed by atoms with Gasteiger partial charge in [-0.05, 0) is 78.9 Å². The summed E-state index contributed by atoms with van der Waals surface area (Å²) in [6.07, 6.45) is 14.0. The molecule has 20 heavy (non-hydrogen) atoms. The molecule has 0 aromatic rings. The summed E-state index contributed by atoms with van der Waals surface area (Å²) in [5, 5.41) is 0.